The first-order valence-electron chi connectivity index (χ1n) is 8.40. The monoisotopic (exact) mass is 476 g/mol. The SMILES string of the molecule is CCOc1cc(/C=C(\C#N)C(=O)Nc2ccc(C)c(C)c2)cc(I)c1OC. The third-order valence-corrected chi connectivity index (χ3v) is 4.78. The van der Waals surface area contributed by atoms with Crippen LogP contribution in [0.5, 0.6) is 11.5 Å². The first-order chi connectivity index (χ1) is 12.9. The van der Waals surface area contributed by atoms with Crippen LogP contribution in [0.15, 0.2) is 35.9 Å². The van der Waals surface area contributed by atoms with E-state index in [2.05, 4.69) is 27.9 Å². The number of nitrogens with one attached hydrogen (secondary N) is 1. The van der Waals surface area contributed by atoms with Gasteiger partial charge in [-0.1, -0.05) is 6.07 Å². The molecule has 0 aromatic heterocycles. The second-order valence-electron chi connectivity index (χ2n) is 5.89. The van der Waals surface area contributed by atoms with Gasteiger partial charge >= 0.3 is 0 Å². The largest absolute Gasteiger partial charge is 0.492 e. The zero-order chi connectivity index (χ0) is 20.0. The molecule has 1 N–H and O–H groups in total. The third kappa shape index (κ3) is 5.23. The number of carbonyl (C=O) groups is 1. The fourth-order valence-electron chi connectivity index (χ4n) is 2.47. The molecule has 0 bridgehead atoms. The first kappa shape index (κ1) is 20.8. The van der Waals surface area contributed by atoms with Gasteiger partial charge in [-0.3, -0.25) is 4.79 Å². The van der Waals surface area contributed by atoms with E-state index in [9.17, 15) is 10.1 Å². The van der Waals surface area contributed by atoms with Crippen LogP contribution in [-0.4, -0.2) is 19.6 Å². The Bertz CT molecular complexity index is 930. The van der Waals surface area contributed by atoms with Crippen molar-refractivity contribution in [2.45, 2.75) is 20.8 Å². The summed E-state index contributed by atoms with van der Waals surface area (Å²) in [5.41, 5.74) is 3.57. The van der Waals surface area contributed by atoms with Crippen LogP contribution in [0.4, 0.5) is 5.69 Å². The second kappa shape index (κ2) is 9.42. The number of amides is 1. The van der Waals surface area contributed by atoms with Crippen LogP contribution in [-0.2, 0) is 4.79 Å². The molecule has 0 atom stereocenters. The molecule has 0 radical (unpaired) electrons. The maximum atomic E-state index is 12.5. The van der Waals surface area contributed by atoms with E-state index in [-0.39, 0.29) is 5.57 Å². The zero-order valence-electron chi connectivity index (χ0n) is 15.7. The number of halogens is 1. The average Bonchev–Trinajstić information content (AvgIpc) is 2.63. The average molecular weight is 476 g/mol. The highest BCUT2D eigenvalue weighted by atomic mass is 127. The van der Waals surface area contributed by atoms with E-state index < -0.39 is 5.91 Å². The van der Waals surface area contributed by atoms with E-state index >= 15 is 0 Å². The lowest BCUT2D eigenvalue weighted by atomic mass is 10.1. The summed E-state index contributed by atoms with van der Waals surface area (Å²) < 4.78 is 11.8. The van der Waals surface area contributed by atoms with Gasteiger partial charge < -0.3 is 14.8 Å². The standard InChI is InChI=1S/C21H21IN2O3/c1-5-27-19-11-15(10-18(22)20(19)26-4)9-16(12-23)21(25)24-17-7-6-13(2)14(3)8-17/h6-11H,5H2,1-4H3,(H,24,25)/b16-9+. The van der Waals surface area contributed by atoms with Gasteiger partial charge in [-0.25, -0.2) is 0 Å². The topological polar surface area (TPSA) is 71.3 Å². The molecule has 0 aliphatic carbocycles. The molecule has 6 heteroatoms. The minimum atomic E-state index is -0.454. The van der Waals surface area contributed by atoms with Crippen molar-refractivity contribution in [3.63, 3.8) is 0 Å². The molecule has 2 aromatic rings. The molecule has 5 nitrogen and oxygen atoms in total. The van der Waals surface area contributed by atoms with Gasteiger partial charge in [0.25, 0.3) is 5.91 Å². The van der Waals surface area contributed by atoms with E-state index in [4.69, 9.17) is 9.47 Å². The summed E-state index contributed by atoms with van der Waals surface area (Å²) in [6.45, 7) is 6.34. The number of methoxy groups -OCH3 is 1. The summed E-state index contributed by atoms with van der Waals surface area (Å²) in [6, 6.07) is 11.2. The van der Waals surface area contributed by atoms with Gasteiger partial charge in [0.15, 0.2) is 11.5 Å². The fraction of sp³-hybridized carbons (Fsp3) is 0.238. The third-order valence-electron chi connectivity index (χ3n) is 3.98. The number of rotatable bonds is 6. The number of anilines is 1. The normalized spacial score (nSPS) is 10.9. The predicted molar refractivity (Wildman–Crippen MR) is 115 cm³/mol. The Morgan fingerprint density at radius 3 is 2.59 bits per heavy atom. The summed E-state index contributed by atoms with van der Waals surface area (Å²) in [5, 5.41) is 12.2. The van der Waals surface area contributed by atoms with Crippen LogP contribution >= 0.6 is 22.6 Å². The van der Waals surface area contributed by atoms with Crippen LogP contribution in [0, 0.1) is 28.7 Å². The number of carbonyl (C=O) groups excluding carboxylic acids is 1. The Kier molecular flexibility index (Phi) is 7.25. The number of hydrogen-bond donors (Lipinski definition) is 1. The van der Waals surface area contributed by atoms with Crippen molar-refractivity contribution >= 4 is 40.3 Å². The highest BCUT2D eigenvalue weighted by Crippen LogP contribution is 2.34. The van der Waals surface area contributed by atoms with Gasteiger partial charge in [0.2, 0.25) is 0 Å². The van der Waals surface area contributed by atoms with Crippen LogP contribution < -0.4 is 14.8 Å². The molecule has 27 heavy (non-hydrogen) atoms. The Balaban J connectivity index is 2.33. The Labute approximate surface area is 173 Å². The molecule has 0 saturated heterocycles. The lowest BCUT2D eigenvalue weighted by molar-refractivity contribution is -0.112. The second-order valence-corrected chi connectivity index (χ2v) is 7.05. The number of benzene rings is 2. The molecule has 0 fully saturated rings. The molecule has 140 valence electrons. The smallest absolute Gasteiger partial charge is 0.266 e. The Morgan fingerprint density at radius 2 is 2.00 bits per heavy atom. The van der Waals surface area contributed by atoms with Gasteiger partial charge in [-0.15, -0.1) is 0 Å². The van der Waals surface area contributed by atoms with Crippen LogP contribution in [0.1, 0.15) is 23.6 Å². The molecule has 2 rings (SSSR count). The lowest BCUT2D eigenvalue weighted by Gasteiger charge is -2.12. The maximum Gasteiger partial charge on any atom is 0.266 e. The molecular weight excluding hydrogens is 455 g/mol. The van der Waals surface area contributed by atoms with E-state index in [1.54, 1.807) is 19.3 Å². The van der Waals surface area contributed by atoms with Crippen LogP contribution in [0.25, 0.3) is 6.08 Å². The Hall–Kier alpha value is -2.53. The van der Waals surface area contributed by atoms with Crippen LogP contribution in [0.3, 0.4) is 0 Å². The zero-order valence-corrected chi connectivity index (χ0v) is 17.9. The van der Waals surface area contributed by atoms with Gasteiger partial charge in [-0.2, -0.15) is 5.26 Å². The summed E-state index contributed by atoms with van der Waals surface area (Å²) in [7, 11) is 1.58. The van der Waals surface area contributed by atoms with Crippen molar-refractivity contribution in [1.29, 1.82) is 5.26 Å². The molecule has 0 aliphatic heterocycles. The quantitative estimate of drug-likeness (QED) is 0.367. The number of aryl methyl sites for hydroxylation is 2. The summed E-state index contributed by atoms with van der Waals surface area (Å²) in [4.78, 5) is 12.5. The van der Waals surface area contributed by atoms with Gasteiger partial charge in [0.05, 0.1) is 17.3 Å². The molecule has 2 aromatic carbocycles. The minimum absolute atomic E-state index is 0.0108. The molecule has 0 unspecified atom stereocenters. The van der Waals surface area contributed by atoms with E-state index in [0.717, 1.165) is 14.7 Å². The van der Waals surface area contributed by atoms with E-state index in [1.807, 2.05) is 51.1 Å². The number of hydrogen-bond acceptors (Lipinski definition) is 4. The fourth-order valence-corrected chi connectivity index (χ4v) is 3.31. The van der Waals surface area contributed by atoms with Crippen molar-refractivity contribution < 1.29 is 14.3 Å². The van der Waals surface area contributed by atoms with Crippen molar-refractivity contribution in [3.05, 3.63) is 56.2 Å². The van der Waals surface area contributed by atoms with E-state index in [1.165, 1.54) is 0 Å². The Morgan fingerprint density at radius 1 is 1.26 bits per heavy atom. The molecule has 0 spiro atoms. The molecule has 1 amide bonds. The predicted octanol–water partition coefficient (Wildman–Crippen LogP) is 4.86. The van der Waals surface area contributed by atoms with Crippen molar-refractivity contribution in [3.8, 4) is 17.6 Å². The number of nitriles is 1. The minimum Gasteiger partial charge on any atom is -0.492 e. The van der Waals surface area contributed by atoms with Crippen molar-refractivity contribution in [1.82, 2.24) is 0 Å². The van der Waals surface area contributed by atoms with Crippen LogP contribution in [0.2, 0.25) is 0 Å². The molecule has 0 heterocycles. The highest BCUT2D eigenvalue weighted by Gasteiger charge is 2.14. The number of nitrogens with zero attached hydrogens (tertiary/aromatic N) is 1. The molecular formula is C21H21IN2O3. The molecule has 0 saturated carbocycles. The van der Waals surface area contributed by atoms with Gasteiger partial charge in [-0.05, 0) is 90.4 Å². The first-order valence-corrected chi connectivity index (χ1v) is 9.48. The van der Waals surface area contributed by atoms with Gasteiger partial charge in [0.1, 0.15) is 11.6 Å². The molecule has 0 aliphatic rings. The summed E-state index contributed by atoms with van der Waals surface area (Å²) >= 11 is 2.14. The van der Waals surface area contributed by atoms with Crippen molar-refractivity contribution in [2.24, 2.45) is 0 Å². The van der Waals surface area contributed by atoms with Crippen molar-refractivity contribution in [2.75, 3.05) is 19.0 Å². The lowest BCUT2D eigenvalue weighted by Crippen LogP contribution is -2.13. The highest BCUT2D eigenvalue weighted by molar-refractivity contribution is 14.1. The summed E-state index contributed by atoms with van der Waals surface area (Å²) in [6.07, 6.45) is 1.54. The maximum absolute atomic E-state index is 12.5. The van der Waals surface area contributed by atoms with Gasteiger partial charge in [0, 0.05) is 5.69 Å². The summed E-state index contributed by atoms with van der Waals surface area (Å²) in [5.74, 6) is 0.752. The van der Waals surface area contributed by atoms with E-state index in [0.29, 0.717) is 29.4 Å². The number of ether oxygens (including phenoxy) is 2.